The van der Waals surface area contributed by atoms with Crippen LogP contribution >= 0.6 is 0 Å². The number of hydrogen-bond donors (Lipinski definition) is 0. The van der Waals surface area contributed by atoms with Gasteiger partial charge >= 0.3 is 0 Å². The molecule has 2 aliphatic carbocycles. The van der Waals surface area contributed by atoms with Gasteiger partial charge in [0.2, 0.25) is 0 Å². The summed E-state index contributed by atoms with van der Waals surface area (Å²) in [5.74, 6) is 0. The van der Waals surface area contributed by atoms with Crippen LogP contribution in [0.5, 0.6) is 0 Å². The van der Waals surface area contributed by atoms with Crippen molar-refractivity contribution in [2.24, 2.45) is 0 Å². The first kappa shape index (κ1) is 14.3. The van der Waals surface area contributed by atoms with Gasteiger partial charge in [-0.05, 0) is 87.5 Å². The molecule has 124 valence electrons. The van der Waals surface area contributed by atoms with Crippen LogP contribution < -0.4 is 0 Å². The molecule has 0 aliphatic heterocycles. The van der Waals surface area contributed by atoms with E-state index in [1.165, 1.54) is 66.4 Å². The Balaban J connectivity index is 1.68. The van der Waals surface area contributed by atoms with E-state index in [1.807, 2.05) is 0 Å². The lowest BCUT2D eigenvalue weighted by Crippen LogP contribution is -1.88. The van der Waals surface area contributed by atoms with Gasteiger partial charge in [0.15, 0.2) is 0 Å². The first-order valence-electron chi connectivity index (χ1n) is 9.47. The smallest absolute Gasteiger partial charge is 0.000685 e. The molecule has 0 atom stereocenters. The van der Waals surface area contributed by atoms with E-state index in [0.717, 1.165) is 12.8 Å². The third-order valence-electron chi connectivity index (χ3n) is 6.28. The normalized spacial score (nSPS) is 13.5. The Morgan fingerprint density at radius 1 is 0.615 bits per heavy atom. The molecule has 6 rings (SSSR count). The molecule has 0 amide bonds. The van der Waals surface area contributed by atoms with E-state index in [9.17, 15) is 0 Å². The Labute approximate surface area is 154 Å². The van der Waals surface area contributed by atoms with E-state index in [0.29, 0.717) is 0 Å². The maximum atomic E-state index is 2.41. The fraction of sp³-hybridized carbons (Fsp3) is 0.154. The highest BCUT2D eigenvalue weighted by Crippen LogP contribution is 2.49. The van der Waals surface area contributed by atoms with E-state index < -0.39 is 0 Å². The summed E-state index contributed by atoms with van der Waals surface area (Å²) in [6, 6.07) is 23.0. The molecule has 0 saturated heterocycles. The Kier molecular flexibility index (Phi) is 2.68. The van der Waals surface area contributed by atoms with Gasteiger partial charge in [-0.25, -0.2) is 0 Å². The van der Waals surface area contributed by atoms with Crippen LogP contribution in [0.4, 0.5) is 0 Å². The summed E-state index contributed by atoms with van der Waals surface area (Å²) >= 11 is 0. The van der Waals surface area contributed by atoms with Crippen molar-refractivity contribution in [2.75, 3.05) is 0 Å². The predicted molar refractivity (Wildman–Crippen MR) is 110 cm³/mol. The second kappa shape index (κ2) is 4.86. The quantitative estimate of drug-likeness (QED) is 0.294. The molecule has 0 N–H and O–H groups in total. The minimum atomic E-state index is 1.06. The number of aryl methyl sites for hydroxylation is 2. The Hall–Kier alpha value is -2.86. The van der Waals surface area contributed by atoms with Crippen molar-refractivity contribution in [3.05, 3.63) is 94.0 Å². The van der Waals surface area contributed by atoms with E-state index in [2.05, 4.69) is 74.5 Å². The maximum absolute atomic E-state index is 2.41. The predicted octanol–water partition coefficient (Wildman–Crippen LogP) is 6.60. The number of fused-ring (bicyclic) bond motifs is 9. The molecule has 26 heavy (non-hydrogen) atoms. The average molecular weight is 332 g/mol. The first-order valence-corrected chi connectivity index (χ1v) is 9.47. The average Bonchev–Trinajstić information content (AvgIpc) is 3.18. The lowest BCUT2D eigenvalue weighted by molar-refractivity contribution is 1.23. The SMILES string of the molecule is Cc1ccc2c(c1)Cc1ccc3c(c1-2)Cc1cc(C)c2ccccc2c1-3. The van der Waals surface area contributed by atoms with Crippen LogP contribution in [-0.2, 0) is 12.8 Å². The van der Waals surface area contributed by atoms with Gasteiger partial charge in [0, 0.05) is 0 Å². The summed E-state index contributed by atoms with van der Waals surface area (Å²) in [6.07, 6.45) is 2.14. The summed E-state index contributed by atoms with van der Waals surface area (Å²) in [4.78, 5) is 0. The van der Waals surface area contributed by atoms with Gasteiger partial charge in [-0.3, -0.25) is 0 Å². The van der Waals surface area contributed by atoms with Gasteiger partial charge < -0.3 is 0 Å². The summed E-state index contributed by atoms with van der Waals surface area (Å²) in [7, 11) is 0. The van der Waals surface area contributed by atoms with Crippen molar-refractivity contribution in [3.8, 4) is 22.3 Å². The number of benzene rings is 4. The van der Waals surface area contributed by atoms with E-state index in [-0.39, 0.29) is 0 Å². The van der Waals surface area contributed by atoms with Crippen LogP contribution in [0.15, 0.2) is 60.7 Å². The monoisotopic (exact) mass is 332 g/mol. The third kappa shape index (κ3) is 1.74. The summed E-state index contributed by atoms with van der Waals surface area (Å²) in [5.41, 5.74) is 14.6. The van der Waals surface area contributed by atoms with E-state index in [4.69, 9.17) is 0 Å². The topological polar surface area (TPSA) is 0 Å². The van der Waals surface area contributed by atoms with Crippen LogP contribution in [0.25, 0.3) is 33.0 Å². The molecule has 0 spiro atoms. The van der Waals surface area contributed by atoms with Crippen molar-refractivity contribution >= 4 is 10.8 Å². The van der Waals surface area contributed by atoms with Crippen LogP contribution in [0, 0.1) is 13.8 Å². The van der Waals surface area contributed by atoms with E-state index >= 15 is 0 Å². The molecule has 4 aromatic carbocycles. The highest BCUT2D eigenvalue weighted by Gasteiger charge is 2.29. The zero-order valence-electron chi connectivity index (χ0n) is 15.2. The molecule has 0 radical (unpaired) electrons. The molecule has 2 aliphatic rings. The first-order chi connectivity index (χ1) is 12.7. The molecule has 0 nitrogen and oxygen atoms in total. The zero-order valence-corrected chi connectivity index (χ0v) is 15.2. The van der Waals surface area contributed by atoms with Crippen molar-refractivity contribution in [1.82, 2.24) is 0 Å². The molecular weight excluding hydrogens is 312 g/mol. The maximum Gasteiger partial charge on any atom is -0.000685 e. The summed E-state index contributed by atoms with van der Waals surface area (Å²) in [6.45, 7) is 4.44. The van der Waals surface area contributed by atoms with Gasteiger partial charge in [-0.2, -0.15) is 0 Å². The molecule has 0 aromatic heterocycles. The van der Waals surface area contributed by atoms with Crippen LogP contribution in [-0.4, -0.2) is 0 Å². The van der Waals surface area contributed by atoms with Gasteiger partial charge in [0.1, 0.15) is 0 Å². The fourth-order valence-corrected chi connectivity index (χ4v) is 5.19. The van der Waals surface area contributed by atoms with Gasteiger partial charge in [0.05, 0.1) is 0 Å². The lowest BCUT2D eigenvalue weighted by atomic mass is 9.93. The molecular formula is C26H20. The van der Waals surface area contributed by atoms with Crippen LogP contribution in [0.2, 0.25) is 0 Å². The Morgan fingerprint density at radius 2 is 1.42 bits per heavy atom. The molecule has 0 bridgehead atoms. The Bertz CT molecular complexity index is 1240. The summed E-state index contributed by atoms with van der Waals surface area (Å²) in [5, 5.41) is 2.79. The highest BCUT2D eigenvalue weighted by atomic mass is 14.3. The molecule has 0 heterocycles. The second-order valence-electron chi connectivity index (χ2n) is 7.91. The zero-order chi connectivity index (χ0) is 17.4. The molecule has 0 unspecified atom stereocenters. The van der Waals surface area contributed by atoms with Crippen molar-refractivity contribution in [3.63, 3.8) is 0 Å². The standard InChI is InChI=1S/C26H20/c1-15-7-9-21-18(11-15)13-17-8-10-23-24(25(17)21)14-19-12-16(2)20-5-3-4-6-22(20)26(19)23/h3-12H,13-14H2,1-2H3. The molecule has 0 fully saturated rings. The lowest BCUT2D eigenvalue weighted by Gasteiger charge is -2.11. The van der Waals surface area contributed by atoms with E-state index in [1.54, 1.807) is 0 Å². The fourth-order valence-electron chi connectivity index (χ4n) is 5.19. The van der Waals surface area contributed by atoms with Crippen molar-refractivity contribution in [1.29, 1.82) is 0 Å². The number of hydrogen-bond acceptors (Lipinski definition) is 0. The van der Waals surface area contributed by atoms with Crippen molar-refractivity contribution in [2.45, 2.75) is 26.7 Å². The molecule has 0 heteroatoms. The van der Waals surface area contributed by atoms with Crippen LogP contribution in [0.1, 0.15) is 33.4 Å². The molecule has 0 saturated carbocycles. The van der Waals surface area contributed by atoms with Crippen LogP contribution in [0.3, 0.4) is 0 Å². The van der Waals surface area contributed by atoms with Gasteiger partial charge in [-0.15, -0.1) is 0 Å². The largest absolute Gasteiger partial charge is 0.0616 e. The van der Waals surface area contributed by atoms with Gasteiger partial charge in [-0.1, -0.05) is 66.2 Å². The highest BCUT2D eigenvalue weighted by molar-refractivity contribution is 6.04. The number of rotatable bonds is 0. The Morgan fingerprint density at radius 3 is 2.31 bits per heavy atom. The third-order valence-corrected chi connectivity index (χ3v) is 6.28. The molecule has 4 aromatic rings. The minimum Gasteiger partial charge on any atom is -0.0616 e. The second-order valence-corrected chi connectivity index (χ2v) is 7.91. The van der Waals surface area contributed by atoms with Gasteiger partial charge in [0.25, 0.3) is 0 Å². The summed E-state index contributed by atoms with van der Waals surface area (Å²) < 4.78 is 0. The minimum absolute atomic E-state index is 1.06. The van der Waals surface area contributed by atoms with Crippen molar-refractivity contribution < 1.29 is 0 Å².